The van der Waals surface area contributed by atoms with Crippen LogP contribution >= 0.6 is 31.9 Å². The van der Waals surface area contributed by atoms with Crippen LogP contribution in [0.25, 0.3) is 0 Å². The topological polar surface area (TPSA) is 70.0 Å². The Kier molecular flexibility index (Phi) is 6.44. The third kappa shape index (κ3) is 5.05. The van der Waals surface area contributed by atoms with Crippen LogP contribution in [0, 0.1) is 0 Å². The Hall–Kier alpha value is -1.99. The number of aliphatic carboxylic acids is 1. The Balaban J connectivity index is 1.85. The van der Waals surface area contributed by atoms with Crippen LogP contribution in [-0.2, 0) is 9.59 Å². The van der Waals surface area contributed by atoms with Gasteiger partial charge >= 0.3 is 5.97 Å². The first kappa shape index (κ1) is 19.8. The molecule has 2 aromatic carbocycles. The second-order valence-electron chi connectivity index (χ2n) is 6.31. The lowest BCUT2D eigenvalue weighted by molar-refractivity contribution is -0.137. The highest BCUT2D eigenvalue weighted by Gasteiger charge is 2.32. The van der Waals surface area contributed by atoms with Gasteiger partial charge in [-0.3, -0.25) is 9.59 Å². The van der Waals surface area contributed by atoms with Crippen molar-refractivity contribution >= 4 is 49.4 Å². The molecule has 0 radical (unpaired) electrons. The fourth-order valence-corrected chi connectivity index (χ4v) is 3.54. The lowest BCUT2D eigenvalue weighted by Gasteiger charge is -2.22. The van der Waals surface area contributed by atoms with E-state index in [0.717, 1.165) is 25.8 Å². The molecule has 2 aromatic rings. The third-order valence-corrected chi connectivity index (χ3v) is 5.44. The Labute approximate surface area is 174 Å². The van der Waals surface area contributed by atoms with Gasteiger partial charge in [0.1, 0.15) is 0 Å². The fourth-order valence-electron chi connectivity index (χ4n) is 3.01. The Morgan fingerprint density at radius 2 is 1.59 bits per heavy atom. The van der Waals surface area contributed by atoms with Crippen LogP contribution < -0.4 is 0 Å². The predicted octanol–water partition coefficient (Wildman–Crippen LogP) is 5.14. The zero-order chi connectivity index (χ0) is 19.4. The van der Waals surface area contributed by atoms with Crippen molar-refractivity contribution in [3.63, 3.8) is 0 Å². The molecule has 1 unspecified atom stereocenters. The first-order valence-electron chi connectivity index (χ1n) is 8.57. The summed E-state index contributed by atoms with van der Waals surface area (Å²) in [5.74, 6) is -1.05. The molecule has 1 aliphatic heterocycles. The number of nitrogens with zero attached hydrogens (tertiary/aromatic N) is 2. The molecule has 1 N–H and O–H groups in total. The van der Waals surface area contributed by atoms with Gasteiger partial charge in [0.05, 0.1) is 11.8 Å². The summed E-state index contributed by atoms with van der Waals surface area (Å²) in [6, 6.07) is 15.5. The van der Waals surface area contributed by atoms with Gasteiger partial charge in [-0.15, -0.1) is 0 Å². The monoisotopic (exact) mass is 492 g/mol. The van der Waals surface area contributed by atoms with E-state index in [9.17, 15) is 9.59 Å². The number of hydrazone groups is 1. The van der Waals surface area contributed by atoms with E-state index in [2.05, 4.69) is 37.0 Å². The number of carboxylic acids is 1. The van der Waals surface area contributed by atoms with Crippen molar-refractivity contribution in [3.8, 4) is 0 Å². The molecule has 1 amide bonds. The Morgan fingerprint density at radius 3 is 2.19 bits per heavy atom. The largest absolute Gasteiger partial charge is 0.481 e. The smallest absolute Gasteiger partial charge is 0.303 e. The van der Waals surface area contributed by atoms with Gasteiger partial charge in [-0.05, 0) is 41.8 Å². The molecule has 1 heterocycles. The first-order valence-corrected chi connectivity index (χ1v) is 10.2. The molecule has 0 aliphatic carbocycles. The summed E-state index contributed by atoms with van der Waals surface area (Å²) >= 11 is 6.86. The van der Waals surface area contributed by atoms with E-state index in [-0.39, 0.29) is 24.8 Å². The summed E-state index contributed by atoms with van der Waals surface area (Å²) in [5, 5.41) is 14.9. The minimum atomic E-state index is -0.896. The second kappa shape index (κ2) is 8.80. The van der Waals surface area contributed by atoms with Crippen LogP contribution in [0.5, 0.6) is 0 Å². The van der Waals surface area contributed by atoms with Crippen molar-refractivity contribution < 1.29 is 14.7 Å². The van der Waals surface area contributed by atoms with E-state index >= 15 is 0 Å². The molecule has 0 fully saturated rings. The highest BCUT2D eigenvalue weighted by Crippen LogP contribution is 2.34. The molecule has 7 heteroatoms. The molecule has 0 spiro atoms. The molecular formula is C20H18Br2N2O3. The summed E-state index contributed by atoms with van der Waals surface area (Å²) in [5.41, 5.74) is 2.82. The molecule has 0 saturated carbocycles. The number of carbonyl (C=O) groups is 2. The number of carboxylic acid groups (broad SMARTS) is 1. The van der Waals surface area contributed by atoms with Crippen molar-refractivity contribution in [3.05, 3.63) is 68.6 Å². The van der Waals surface area contributed by atoms with E-state index in [1.807, 2.05) is 48.5 Å². The quantitative estimate of drug-likeness (QED) is 0.605. The third-order valence-electron chi connectivity index (χ3n) is 4.38. The molecule has 0 aromatic heterocycles. The van der Waals surface area contributed by atoms with Gasteiger partial charge in [0.15, 0.2) is 0 Å². The summed E-state index contributed by atoms with van der Waals surface area (Å²) in [6.07, 6.45) is 1.07. The minimum absolute atomic E-state index is 0.0220. The first-order chi connectivity index (χ1) is 12.9. The lowest BCUT2D eigenvalue weighted by atomic mass is 9.98. The van der Waals surface area contributed by atoms with Crippen molar-refractivity contribution in [2.24, 2.45) is 5.10 Å². The van der Waals surface area contributed by atoms with E-state index in [4.69, 9.17) is 5.11 Å². The fraction of sp³-hybridized carbons (Fsp3) is 0.250. The molecule has 1 aliphatic rings. The van der Waals surface area contributed by atoms with Crippen molar-refractivity contribution in [1.82, 2.24) is 5.01 Å². The number of hydrogen-bond acceptors (Lipinski definition) is 3. The van der Waals surface area contributed by atoms with Gasteiger partial charge in [0.2, 0.25) is 5.91 Å². The van der Waals surface area contributed by atoms with Gasteiger partial charge in [-0.2, -0.15) is 5.10 Å². The van der Waals surface area contributed by atoms with Crippen LogP contribution in [0.15, 0.2) is 62.6 Å². The predicted molar refractivity (Wildman–Crippen MR) is 111 cm³/mol. The summed E-state index contributed by atoms with van der Waals surface area (Å²) < 4.78 is 1.95. The van der Waals surface area contributed by atoms with Gasteiger partial charge in [0.25, 0.3) is 0 Å². The zero-order valence-electron chi connectivity index (χ0n) is 14.4. The highest BCUT2D eigenvalue weighted by atomic mass is 79.9. The molecule has 3 rings (SSSR count). The standard InChI is InChI=1S/C20H18Br2N2O3/c21-15-8-4-13(5-9-15)17-12-18(14-6-10-16(22)11-7-14)24(23-17)19(25)2-1-3-20(26)27/h4-11,18H,1-3,12H2,(H,26,27). The summed E-state index contributed by atoms with van der Waals surface area (Å²) in [7, 11) is 0. The van der Waals surface area contributed by atoms with E-state index in [0.29, 0.717) is 12.8 Å². The maximum Gasteiger partial charge on any atom is 0.303 e. The molecule has 27 heavy (non-hydrogen) atoms. The van der Waals surface area contributed by atoms with Crippen LogP contribution in [0.2, 0.25) is 0 Å². The molecular weight excluding hydrogens is 476 g/mol. The number of benzene rings is 2. The second-order valence-corrected chi connectivity index (χ2v) is 8.14. The van der Waals surface area contributed by atoms with Crippen LogP contribution in [0.4, 0.5) is 0 Å². The van der Waals surface area contributed by atoms with Crippen molar-refractivity contribution in [1.29, 1.82) is 0 Å². The molecule has 0 bridgehead atoms. The van der Waals surface area contributed by atoms with Gasteiger partial charge in [0, 0.05) is 28.2 Å². The van der Waals surface area contributed by atoms with Crippen LogP contribution in [-0.4, -0.2) is 27.7 Å². The highest BCUT2D eigenvalue weighted by molar-refractivity contribution is 9.10. The van der Waals surface area contributed by atoms with Crippen LogP contribution in [0.1, 0.15) is 42.9 Å². The summed E-state index contributed by atoms with van der Waals surface area (Å²) in [4.78, 5) is 23.4. The maximum absolute atomic E-state index is 12.7. The Morgan fingerprint density at radius 1 is 1.00 bits per heavy atom. The molecule has 5 nitrogen and oxygen atoms in total. The van der Waals surface area contributed by atoms with Gasteiger partial charge < -0.3 is 5.11 Å². The minimum Gasteiger partial charge on any atom is -0.481 e. The van der Waals surface area contributed by atoms with Gasteiger partial charge in [-0.1, -0.05) is 56.1 Å². The normalized spacial score (nSPS) is 16.3. The molecule has 140 valence electrons. The average Bonchev–Trinajstić information content (AvgIpc) is 3.08. The maximum atomic E-state index is 12.7. The number of rotatable bonds is 6. The van der Waals surface area contributed by atoms with E-state index in [1.54, 1.807) is 0 Å². The summed E-state index contributed by atoms with van der Waals surface area (Å²) in [6.45, 7) is 0. The lowest BCUT2D eigenvalue weighted by Crippen LogP contribution is -2.27. The molecule has 0 saturated heterocycles. The average molecular weight is 494 g/mol. The molecule has 1 atom stereocenters. The number of hydrogen-bond donors (Lipinski definition) is 1. The number of amides is 1. The van der Waals surface area contributed by atoms with Crippen LogP contribution in [0.3, 0.4) is 0 Å². The number of halogens is 2. The van der Waals surface area contributed by atoms with E-state index < -0.39 is 5.97 Å². The van der Waals surface area contributed by atoms with Crippen molar-refractivity contribution in [2.45, 2.75) is 31.7 Å². The van der Waals surface area contributed by atoms with Gasteiger partial charge in [-0.25, -0.2) is 5.01 Å². The van der Waals surface area contributed by atoms with E-state index in [1.165, 1.54) is 5.01 Å². The van der Waals surface area contributed by atoms with Crippen molar-refractivity contribution in [2.75, 3.05) is 0 Å². The zero-order valence-corrected chi connectivity index (χ0v) is 17.6. The number of carbonyl (C=O) groups excluding carboxylic acids is 1. The Bertz CT molecular complexity index is 864. The SMILES string of the molecule is O=C(O)CCCC(=O)N1N=C(c2ccc(Br)cc2)CC1c1ccc(Br)cc1.